The summed E-state index contributed by atoms with van der Waals surface area (Å²) in [5, 5.41) is 2.47. The summed E-state index contributed by atoms with van der Waals surface area (Å²) in [4.78, 5) is 60.0. The number of ether oxygens (including phenoxy) is 2. The summed E-state index contributed by atoms with van der Waals surface area (Å²) >= 11 is 0. The molecule has 12 nitrogen and oxygen atoms in total. The van der Waals surface area contributed by atoms with Crippen molar-refractivity contribution < 1.29 is 41.4 Å². The molecular formula is C32H32F4N6O6. The number of imidazole rings is 1. The second-order valence-electron chi connectivity index (χ2n) is 10.9. The molecule has 2 heterocycles. The molecule has 48 heavy (non-hydrogen) atoms. The first-order valence-electron chi connectivity index (χ1n) is 14.4. The maximum absolute atomic E-state index is 14.8. The van der Waals surface area contributed by atoms with Crippen molar-refractivity contribution in [3.63, 3.8) is 0 Å². The number of aromatic nitrogens is 3. The number of allylic oxidation sites excluding steroid dienone is 1. The van der Waals surface area contributed by atoms with Crippen molar-refractivity contribution in [1.82, 2.24) is 24.3 Å². The molecule has 4 rings (SSSR count). The Morgan fingerprint density at radius 2 is 1.79 bits per heavy atom. The van der Waals surface area contributed by atoms with Crippen molar-refractivity contribution in [3.05, 3.63) is 99.8 Å². The molecule has 254 valence electrons. The Morgan fingerprint density at radius 1 is 1.04 bits per heavy atom. The maximum Gasteiger partial charge on any atom is 0.410 e. The average molecular weight is 673 g/mol. The van der Waals surface area contributed by atoms with Crippen LogP contribution in [-0.2, 0) is 27.5 Å². The van der Waals surface area contributed by atoms with E-state index >= 15 is 0 Å². The second-order valence-corrected chi connectivity index (χ2v) is 10.9. The van der Waals surface area contributed by atoms with Gasteiger partial charge >= 0.3 is 6.09 Å². The molecule has 1 atom stereocenters. The van der Waals surface area contributed by atoms with Gasteiger partial charge in [-0.25, -0.2) is 22.9 Å². The highest BCUT2D eigenvalue weighted by atomic mass is 19.2. The van der Waals surface area contributed by atoms with Crippen molar-refractivity contribution in [2.24, 2.45) is 0 Å². The summed E-state index contributed by atoms with van der Waals surface area (Å²) in [6.45, 7) is -0.795. The predicted molar refractivity (Wildman–Crippen MR) is 166 cm³/mol. The van der Waals surface area contributed by atoms with Gasteiger partial charge in [0.25, 0.3) is 11.5 Å². The van der Waals surface area contributed by atoms with Gasteiger partial charge in [0, 0.05) is 52.1 Å². The Balaban J connectivity index is 1.53. The molecule has 0 saturated heterocycles. The van der Waals surface area contributed by atoms with E-state index in [-0.39, 0.29) is 53.4 Å². The first-order chi connectivity index (χ1) is 22.7. The smallest absolute Gasteiger partial charge is 0.410 e. The van der Waals surface area contributed by atoms with Crippen LogP contribution in [0.5, 0.6) is 5.75 Å². The minimum Gasteiger partial charge on any atom is -0.483 e. The third-order valence-electron chi connectivity index (χ3n) is 6.86. The molecule has 3 amide bonds. The minimum atomic E-state index is -1.38. The minimum absolute atomic E-state index is 0.00789. The van der Waals surface area contributed by atoms with Crippen LogP contribution in [0.25, 0.3) is 11.0 Å². The summed E-state index contributed by atoms with van der Waals surface area (Å²) in [5.74, 6) is -6.02. The van der Waals surface area contributed by atoms with Crippen LogP contribution in [0.4, 0.5) is 28.0 Å². The van der Waals surface area contributed by atoms with E-state index in [4.69, 9.17) is 9.47 Å². The number of nitrogens with one attached hydrogen (secondary N) is 2. The lowest BCUT2D eigenvalue weighted by molar-refractivity contribution is -0.125. The van der Waals surface area contributed by atoms with Gasteiger partial charge in [-0.05, 0) is 43.2 Å². The molecule has 0 aliphatic rings. The summed E-state index contributed by atoms with van der Waals surface area (Å²) in [6, 6.07) is 6.36. The number of aromatic amines is 1. The molecule has 2 aromatic heterocycles. The SMILES string of the molecule is CN(C)C(=O)C=CCCC(OC(=O)N(C)C)C(=O)Nc1cccn(Cc2nc3c(OCc4ccc(F)cc4F)c(F)c(F)cc3[nH]2)c1=O. The number of H-pyrrole nitrogens is 1. The number of rotatable bonds is 12. The van der Waals surface area contributed by atoms with Crippen molar-refractivity contribution in [2.45, 2.75) is 32.1 Å². The highest BCUT2D eigenvalue weighted by Gasteiger charge is 2.25. The third-order valence-corrected chi connectivity index (χ3v) is 6.86. The van der Waals surface area contributed by atoms with Crippen LogP contribution in [0, 0.1) is 23.3 Å². The van der Waals surface area contributed by atoms with Gasteiger partial charge in [0.1, 0.15) is 35.3 Å². The molecule has 1 unspecified atom stereocenters. The van der Waals surface area contributed by atoms with Crippen molar-refractivity contribution in [3.8, 4) is 5.75 Å². The van der Waals surface area contributed by atoms with Crippen LogP contribution in [0.1, 0.15) is 24.2 Å². The van der Waals surface area contributed by atoms with E-state index in [0.29, 0.717) is 6.07 Å². The number of hydrogen-bond acceptors (Lipinski definition) is 7. The van der Waals surface area contributed by atoms with E-state index in [1.54, 1.807) is 14.1 Å². The molecule has 2 N–H and O–H groups in total. The van der Waals surface area contributed by atoms with Crippen molar-refractivity contribution in [1.29, 1.82) is 0 Å². The number of carbonyl (C=O) groups is 3. The summed E-state index contributed by atoms with van der Waals surface area (Å²) in [7, 11) is 6.03. The molecule has 4 aromatic rings. The molecular weight excluding hydrogens is 640 g/mol. The Morgan fingerprint density at radius 3 is 2.48 bits per heavy atom. The Labute approximate surface area is 271 Å². The van der Waals surface area contributed by atoms with Gasteiger partial charge in [0.15, 0.2) is 17.7 Å². The molecule has 0 fully saturated rings. The van der Waals surface area contributed by atoms with Gasteiger partial charge < -0.3 is 34.1 Å². The summed E-state index contributed by atoms with van der Waals surface area (Å²) in [5.41, 5.74) is -1.07. The van der Waals surface area contributed by atoms with Crippen LogP contribution >= 0.6 is 0 Å². The van der Waals surface area contributed by atoms with Crippen LogP contribution in [0.3, 0.4) is 0 Å². The van der Waals surface area contributed by atoms with E-state index in [2.05, 4.69) is 15.3 Å². The summed E-state index contributed by atoms with van der Waals surface area (Å²) in [6.07, 6.45) is 2.34. The fourth-order valence-electron chi connectivity index (χ4n) is 4.30. The van der Waals surface area contributed by atoms with Gasteiger partial charge in [-0.2, -0.15) is 4.39 Å². The molecule has 0 aliphatic carbocycles. The molecule has 0 aliphatic heterocycles. The number of benzene rings is 2. The van der Waals surface area contributed by atoms with E-state index in [1.165, 1.54) is 49.5 Å². The van der Waals surface area contributed by atoms with Crippen LogP contribution in [0.15, 0.2) is 59.5 Å². The van der Waals surface area contributed by atoms with Gasteiger partial charge in [0.05, 0.1) is 12.1 Å². The van der Waals surface area contributed by atoms with E-state index < -0.39 is 59.3 Å². The van der Waals surface area contributed by atoms with E-state index in [0.717, 1.165) is 27.7 Å². The van der Waals surface area contributed by atoms with Crippen molar-refractivity contribution in [2.75, 3.05) is 33.5 Å². The molecule has 16 heteroatoms. The van der Waals surface area contributed by atoms with Crippen molar-refractivity contribution >= 4 is 34.6 Å². The lowest BCUT2D eigenvalue weighted by Gasteiger charge is -2.19. The average Bonchev–Trinajstić information content (AvgIpc) is 3.42. The molecule has 2 aromatic carbocycles. The van der Waals surface area contributed by atoms with Crippen LogP contribution in [-0.4, -0.2) is 76.5 Å². The zero-order valence-corrected chi connectivity index (χ0v) is 26.4. The number of likely N-dealkylation sites (N-methyl/N-ethyl adjacent to an activating group) is 1. The lowest BCUT2D eigenvalue weighted by Crippen LogP contribution is -2.37. The Kier molecular flexibility index (Phi) is 11.2. The zero-order valence-electron chi connectivity index (χ0n) is 26.4. The fourth-order valence-corrected chi connectivity index (χ4v) is 4.30. The molecule has 0 spiro atoms. The molecule has 0 bridgehead atoms. The highest BCUT2D eigenvalue weighted by Crippen LogP contribution is 2.31. The van der Waals surface area contributed by atoms with Gasteiger partial charge in [-0.3, -0.25) is 14.4 Å². The third kappa shape index (κ3) is 8.57. The van der Waals surface area contributed by atoms with E-state index in [1.807, 2.05) is 0 Å². The number of hydrogen-bond donors (Lipinski definition) is 2. The van der Waals surface area contributed by atoms with Gasteiger partial charge in [-0.1, -0.05) is 6.08 Å². The predicted octanol–water partition coefficient (Wildman–Crippen LogP) is 4.34. The quantitative estimate of drug-likeness (QED) is 0.169. The lowest BCUT2D eigenvalue weighted by atomic mass is 10.1. The van der Waals surface area contributed by atoms with Gasteiger partial charge in [0.2, 0.25) is 11.7 Å². The summed E-state index contributed by atoms with van der Waals surface area (Å²) < 4.78 is 68.4. The van der Waals surface area contributed by atoms with Gasteiger partial charge in [-0.15, -0.1) is 0 Å². The zero-order chi connectivity index (χ0) is 35.1. The first kappa shape index (κ1) is 35.2. The topological polar surface area (TPSA) is 139 Å². The highest BCUT2D eigenvalue weighted by molar-refractivity contribution is 5.95. The number of halogens is 4. The van der Waals surface area contributed by atoms with Crippen LogP contribution < -0.4 is 15.6 Å². The normalized spacial score (nSPS) is 11.8. The Hall–Kier alpha value is -5.67. The second kappa shape index (κ2) is 15.3. The molecule has 0 saturated carbocycles. The maximum atomic E-state index is 14.8. The fraction of sp³-hybridized carbons (Fsp3) is 0.281. The number of pyridine rings is 1. The number of anilines is 1. The largest absolute Gasteiger partial charge is 0.483 e. The Bertz CT molecular complexity index is 1920. The number of carbonyl (C=O) groups excluding carboxylic acids is 3. The number of nitrogens with zero attached hydrogens (tertiary/aromatic N) is 4. The van der Waals surface area contributed by atoms with E-state index in [9.17, 15) is 36.7 Å². The van der Waals surface area contributed by atoms with Crippen LogP contribution in [0.2, 0.25) is 0 Å². The molecule has 0 radical (unpaired) electrons. The first-order valence-corrected chi connectivity index (χ1v) is 14.4. The number of fused-ring (bicyclic) bond motifs is 1. The standard InChI is InChI=1S/C32H32F4N6O6/c1-40(2)26(43)10-6-5-9-24(48-32(46)41(3)4)30(44)38-22-8-7-13-42(31(22)45)16-25-37-23-15-21(35)27(36)29(28(23)39-25)47-17-18-11-12-19(33)14-20(18)34/h6-8,10-15,24H,5,9,16-17H2,1-4H3,(H,37,39)(H,38,44). The monoisotopic (exact) mass is 672 g/mol. The number of amides is 3.